The number of ether oxygens (including phenoxy) is 1. The van der Waals surface area contributed by atoms with Gasteiger partial charge in [-0.1, -0.05) is 23.5 Å². The third kappa shape index (κ3) is 4.47. The van der Waals surface area contributed by atoms with E-state index < -0.39 is 21.0 Å². The van der Waals surface area contributed by atoms with Gasteiger partial charge in [-0.3, -0.25) is 9.52 Å². The lowest BCUT2D eigenvalue weighted by atomic mass is 9.95. The highest BCUT2D eigenvalue weighted by Gasteiger charge is 2.26. The van der Waals surface area contributed by atoms with Gasteiger partial charge in [0.15, 0.2) is 10.2 Å². The second-order valence-corrected chi connectivity index (χ2v) is 9.79. The Morgan fingerprint density at radius 1 is 1.25 bits per heavy atom. The van der Waals surface area contributed by atoms with Crippen LogP contribution in [0.15, 0.2) is 35.5 Å². The Morgan fingerprint density at radius 2 is 2.00 bits per heavy atom. The van der Waals surface area contributed by atoms with Crippen LogP contribution in [0.5, 0.6) is 0 Å². The van der Waals surface area contributed by atoms with Gasteiger partial charge in [-0.05, 0) is 30.2 Å². The summed E-state index contributed by atoms with van der Waals surface area (Å²) in [5.41, 5.74) is 1.14. The van der Waals surface area contributed by atoms with E-state index in [9.17, 15) is 22.0 Å². The number of hydrogen-bond acceptors (Lipinski definition) is 7. The van der Waals surface area contributed by atoms with E-state index in [0.717, 1.165) is 0 Å². The minimum atomic E-state index is -4.18. The Labute approximate surface area is 186 Å². The van der Waals surface area contributed by atoms with Crippen LogP contribution < -0.4 is 10.0 Å². The largest absolute Gasteiger partial charge is 0.380 e. The van der Waals surface area contributed by atoms with Crippen molar-refractivity contribution in [2.45, 2.75) is 24.8 Å². The minimum absolute atomic E-state index is 0.0283. The number of halogens is 2. The van der Waals surface area contributed by atoms with Gasteiger partial charge in [0.1, 0.15) is 11.5 Å². The molecule has 0 unspecified atom stereocenters. The monoisotopic (exact) mass is 480 g/mol. The molecule has 3 heterocycles. The lowest BCUT2D eigenvalue weighted by molar-refractivity contribution is -0.114. The van der Waals surface area contributed by atoms with E-state index in [-0.39, 0.29) is 38.8 Å². The molecule has 0 radical (unpaired) electrons. The second kappa shape index (κ2) is 8.52. The molecule has 1 amide bonds. The van der Waals surface area contributed by atoms with E-state index in [1.807, 2.05) is 0 Å². The number of carbonyl (C=O) groups is 1. The Hall–Kier alpha value is -2.96. The lowest BCUT2D eigenvalue weighted by Crippen LogP contribution is -2.25. The van der Waals surface area contributed by atoms with Crippen molar-refractivity contribution < 1.29 is 26.7 Å². The number of carbonyl (C=O) groups excluding carboxylic acids is 1. The van der Waals surface area contributed by atoms with Crippen LogP contribution in [0.3, 0.4) is 0 Å². The number of pyridine rings is 1. The summed E-state index contributed by atoms with van der Waals surface area (Å²) < 4.78 is 61.7. The molecule has 32 heavy (non-hydrogen) atoms. The maximum absolute atomic E-state index is 14.5. The van der Waals surface area contributed by atoms with E-state index in [0.29, 0.717) is 35.8 Å². The number of hydrogen-bond donors (Lipinski definition) is 2. The molecular formula is C20H18F2N4O4S2. The van der Waals surface area contributed by atoms with Crippen molar-refractivity contribution in [1.29, 1.82) is 0 Å². The molecule has 0 saturated carbocycles. The molecule has 1 aromatic carbocycles. The van der Waals surface area contributed by atoms with Crippen molar-refractivity contribution in [1.82, 2.24) is 9.97 Å². The molecule has 3 aromatic rings. The third-order valence-electron chi connectivity index (χ3n) is 4.76. The fraction of sp³-hybridized carbons (Fsp3) is 0.250. The van der Waals surface area contributed by atoms with Crippen LogP contribution in [0.2, 0.25) is 0 Å². The average Bonchev–Trinajstić information content (AvgIpc) is 3.00. The number of aryl methyl sites for hydroxylation is 1. The first-order valence-electron chi connectivity index (χ1n) is 9.45. The van der Waals surface area contributed by atoms with Crippen LogP contribution in [0.1, 0.15) is 24.0 Å². The number of nitrogens with one attached hydrogen (secondary N) is 2. The predicted octanol–water partition coefficient (Wildman–Crippen LogP) is 3.66. The normalized spacial score (nSPS) is 14.1. The van der Waals surface area contributed by atoms with Crippen LogP contribution in [0.4, 0.5) is 19.6 Å². The Bertz CT molecular complexity index is 1310. The molecule has 12 heteroatoms. The van der Waals surface area contributed by atoms with Gasteiger partial charge in [0, 0.05) is 18.4 Å². The van der Waals surface area contributed by atoms with Gasteiger partial charge in [-0.15, -0.1) is 0 Å². The quantitative estimate of drug-likeness (QED) is 0.557. The number of thiazole rings is 1. The molecule has 8 nitrogen and oxygen atoms in total. The van der Waals surface area contributed by atoms with Crippen molar-refractivity contribution in [2.24, 2.45) is 0 Å². The molecule has 1 aliphatic heterocycles. The Morgan fingerprint density at radius 3 is 2.59 bits per heavy atom. The minimum Gasteiger partial charge on any atom is -0.380 e. The molecule has 1 aliphatic rings. The van der Waals surface area contributed by atoms with Crippen LogP contribution in [0.25, 0.3) is 11.3 Å². The number of aromatic nitrogens is 2. The zero-order valence-electron chi connectivity index (χ0n) is 17.0. The molecule has 0 spiro atoms. The van der Waals surface area contributed by atoms with Crippen molar-refractivity contribution in [3.63, 3.8) is 0 Å². The van der Waals surface area contributed by atoms with E-state index in [2.05, 4.69) is 20.0 Å². The molecule has 0 aliphatic carbocycles. The molecule has 4 rings (SSSR count). The maximum Gasteiger partial charge on any atom is 0.281 e. The average molecular weight is 481 g/mol. The summed E-state index contributed by atoms with van der Waals surface area (Å²) in [4.78, 5) is 19.0. The summed E-state index contributed by atoms with van der Waals surface area (Å²) in [6, 6.07) is 5.73. The third-order valence-corrected chi connectivity index (χ3v) is 7.05. The number of amides is 1. The van der Waals surface area contributed by atoms with Gasteiger partial charge in [0.05, 0.1) is 25.1 Å². The number of sulfonamides is 1. The topological polar surface area (TPSA) is 110 Å². The fourth-order valence-corrected chi connectivity index (χ4v) is 5.33. The first kappa shape index (κ1) is 22.2. The first-order chi connectivity index (χ1) is 15.1. The second-order valence-electron chi connectivity index (χ2n) is 7.24. The van der Waals surface area contributed by atoms with Crippen LogP contribution in [-0.2, 0) is 19.6 Å². The van der Waals surface area contributed by atoms with E-state index in [4.69, 9.17) is 4.74 Å². The van der Waals surface area contributed by atoms with Crippen molar-refractivity contribution in [2.75, 3.05) is 23.3 Å². The molecule has 0 atom stereocenters. The summed E-state index contributed by atoms with van der Waals surface area (Å²) in [6.07, 6.45) is 1.20. The molecule has 1 fully saturated rings. The zero-order valence-corrected chi connectivity index (χ0v) is 18.6. The fourth-order valence-electron chi connectivity index (χ4n) is 3.22. The van der Waals surface area contributed by atoms with Crippen LogP contribution >= 0.6 is 11.3 Å². The molecule has 2 aromatic heterocycles. The predicted molar refractivity (Wildman–Crippen MR) is 115 cm³/mol. The molecule has 1 saturated heterocycles. The summed E-state index contributed by atoms with van der Waals surface area (Å²) in [5, 5.41) is 1.24. The summed E-state index contributed by atoms with van der Waals surface area (Å²) in [6.45, 7) is 3.70. The van der Waals surface area contributed by atoms with Gasteiger partial charge in [-0.25, -0.2) is 14.4 Å². The van der Waals surface area contributed by atoms with Crippen LogP contribution in [-0.4, -0.2) is 37.5 Å². The standard InChI is InChI=1S/C20H18F2N4O4S2/c1-10-5-14(24-11(2)27)7-23-19(10)32(28,29)26-20-25-17(18(22)31-20)12-3-4-15(16(21)6-12)13-8-30-9-13/h3-7,13H,8-9H2,1-2H3,(H,24,27)(H,25,26). The SMILES string of the molecule is CC(=O)Nc1cnc(S(=O)(=O)Nc2nc(-c3ccc(C4COC4)c(F)c3)c(F)s2)c(C)c1. The van der Waals surface area contributed by atoms with E-state index in [1.54, 1.807) is 12.1 Å². The highest BCUT2D eigenvalue weighted by atomic mass is 32.2. The van der Waals surface area contributed by atoms with E-state index in [1.165, 1.54) is 32.2 Å². The van der Waals surface area contributed by atoms with E-state index >= 15 is 0 Å². The summed E-state index contributed by atoms with van der Waals surface area (Å²) in [7, 11) is -4.18. The number of benzene rings is 1. The van der Waals surface area contributed by atoms with Gasteiger partial charge in [0.25, 0.3) is 10.0 Å². The Kier molecular flexibility index (Phi) is 5.93. The van der Waals surface area contributed by atoms with Gasteiger partial charge < -0.3 is 10.1 Å². The Balaban J connectivity index is 1.58. The molecular weight excluding hydrogens is 462 g/mol. The van der Waals surface area contributed by atoms with Gasteiger partial charge in [0.2, 0.25) is 11.0 Å². The smallest absolute Gasteiger partial charge is 0.281 e. The number of nitrogens with zero attached hydrogens (tertiary/aromatic N) is 2. The summed E-state index contributed by atoms with van der Waals surface area (Å²) >= 11 is 0.485. The highest BCUT2D eigenvalue weighted by molar-refractivity contribution is 7.92. The van der Waals surface area contributed by atoms with Crippen LogP contribution in [0, 0.1) is 17.9 Å². The van der Waals surface area contributed by atoms with Gasteiger partial charge in [-0.2, -0.15) is 12.8 Å². The zero-order chi connectivity index (χ0) is 23.0. The van der Waals surface area contributed by atoms with Crippen molar-refractivity contribution in [3.8, 4) is 11.3 Å². The molecule has 2 N–H and O–H groups in total. The van der Waals surface area contributed by atoms with Crippen molar-refractivity contribution in [3.05, 3.63) is 52.5 Å². The first-order valence-corrected chi connectivity index (χ1v) is 11.7. The lowest BCUT2D eigenvalue weighted by Gasteiger charge is -2.26. The number of anilines is 2. The highest BCUT2D eigenvalue weighted by Crippen LogP contribution is 2.34. The van der Waals surface area contributed by atoms with Gasteiger partial charge >= 0.3 is 0 Å². The maximum atomic E-state index is 14.5. The van der Waals surface area contributed by atoms with Crippen molar-refractivity contribution >= 4 is 38.1 Å². The molecule has 168 valence electrons. The number of rotatable bonds is 6. The summed E-state index contributed by atoms with van der Waals surface area (Å²) in [5.74, 6) is -0.847. The molecule has 0 bridgehead atoms.